The number of carboxylic acid groups (broad SMARTS) is 1. The number of hydrogen-bond donors (Lipinski definition) is 1. The minimum absolute atomic E-state index is 0.194. The minimum atomic E-state index is -0.982. The molecule has 0 aliphatic rings. The van der Waals surface area contributed by atoms with E-state index in [2.05, 4.69) is 0 Å². The molecule has 2 rings (SSSR count). The van der Waals surface area contributed by atoms with Gasteiger partial charge in [-0.05, 0) is 35.9 Å². The van der Waals surface area contributed by atoms with Crippen LogP contribution < -0.4 is 4.74 Å². The second-order valence-electron chi connectivity index (χ2n) is 4.06. The van der Waals surface area contributed by atoms with Crippen LogP contribution in [0.15, 0.2) is 48.5 Å². The van der Waals surface area contributed by atoms with Gasteiger partial charge in [-0.25, -0.2) is 9.18 Å². The maximum atomic E-state index is 12.7. The number of hydrogen-bond acceptors (Lipinski definition) is 2. The molecule has 0 amide bonds. The maximum absolute atomic E-state index is 12.7. The highest BCUT2D eigenvalue weighted by Crippen LogP contribution is 2.14. The van der Waals surface area contributed by atoms with E-state index < -0.39 is 5.97 Å². The van der Waals surface area contributed by atoms with Crippen LogP contribution in [0.25, 0.3) is 0 Å². The van der Waals surface area contributed by atoms with Gasteiger partial charge < -0.3 is 9.84 Å². The first-order valence-electron chi connectivity index (χ1n) is 5.86. The standard InChI is InChI=1S/C15H13FO3/c16-13-6-4-11(5-7-13)8-9-19-14-3-1-2-12(10-14)15(17)18/h1-7,10H,8-9H2,(H,17,18). The van der Waals surface area contributed by atoms with Gasteiger partial charge in [0, 0.05) is 6.42 Å². The summed E-state index contributed by atoms with van der Waals surface area (Å²) in [4.78, 5) is 10.8. The van der Waals surface area contributed by atoms with Crippen molar-refractivity contribution in [1.82, 2.24) is 0 Å². The molecule has 4 heteroatoms. The fraction of sp³-hybridized carbons (Fsp3) is 0.133. The predicted octanol–water partition coefficient (Wildman–Crippen LogP) is 3.15. The number of carboxylic acids is 1. The number of ether oxygens (including phenoxy) is 1. The summed E-state index contributed by atoms with van der Waals surface area (Å²) in [6.45, 7) is 0.411. The maximum Gasteiger partial charge on any atom is 0.335 e. The Morgan fingerprint density at radius 3 is 2.58 bits per heavy atom. The Hall–Kier alpha value is -2.36. The molecule has 1 N–H and O–H groups in total. The average molecular weight is 260 g/mol. The van der Waals surface area contributed by atoms with E-state index in [0.717, 1.165) is 5.56 Å². The second kappa shape index (κ2) is 6.00. The molecule has 0 bridgehead atoms. The molecule has 0 spiro atoms. The van der Waals surface area contributed by atoms with Crippen LogP contribution in [0, 0.1) is 5.82 Å². The van der Waals surface area contributed by atoms with E-state index in [-0.39, 0.29) is 11.4 Å². The van der Waals surface area contributed by atoms with Crippen LogP contribution in [0.2, 0.25) is 0 Å². The Bertz CT molecular complexity index is 564. The van der Waals surface area contributed by atoms with Crippen LogP contribution in [0.3, 0.4) is 0 Å². The highest BCUT2D eigenvalue weighted by atomic mass is 19.1. The van der Waals surface area contributed by atoms with Gasteiger partial charge in [0.15, 0.2) is 0 Å². The fourth-order valence-electron chi connectivity index (χ4n) is 1.66. The highest BCUT2D eigenvalue weighted by molar-refractivity contribution is 5.87. The van der Waals surface area contributed by atoms with E-state index in [4.69, 9.17) is 9.84 Å². The SMILES string of the molecule is O=C(O)c1cccc(OCCc2ccc(F)cc2)c1. The summed E-state index contributed by atoms with van der Waals surface area (Å²) in [6.07, 6.45) is 0.636. The Morgan fingerprint density at radius 1 is 1.16 bits per heavy atom. The first kappa shape index (κ1) is 13.1. The van der Waals surface area contributed by atoms with E-state index in [9.17, 15) is 9.18 Å². The van der Waals surface area contributed by atoms with Crippen LogP contribution >= 0.6 is 0 Å². The largest absolute Gasteiger partial charge is 0.493 e. The van der Waals surface area contributed by atoms with E-state index in [1.807, 2.05) is 0 Å². The molecule has 19 heavy (non-hydrogen) atoms. The van der Waals surface area contributed by atoms with E-state index >= 15 is 0 Å². The lowest BCUT2D eigenvalue weighted by Crippen LogP contribution is -2.03. The van der Waals surface area contributed by atoms with E-state index in [1.54, 1.807) is 24.3 Å². The third-order valence-corrected chi connectivity index (χ3v) is 2.65. The van der Waals surface area contributed by atoms with Crippen molar-refractivity contribution < 1.29 is 19.0 Å². The molecular formula is C15H13FO3. The second-order valence-corrected chi connectivity index (χ2v) is 4.06. The molecule has 2 aromatic carbocycles. The summed E-state index contributed by atoms with van der Waals surface area (Å²) in [7, 11) is 0. The Balaban J connectivity index is 1.90. The number of aromatic carboxylic acids is 1. The van der Waals surface area contributed by atoms with Gasteiger partial charge in [0.2, 0.25) is 0 Å². The molecule has 0 aromatic heterocycles. The summed E-state index contributed by atoms with van der Waals surface area (Å²) >= 11 is 0. The van der Waals surface area contributed by atoms with Crippen LogP contribution in [0.4, 0.5) is 4.39 Å². The Kier molecular flexibility index (Phi) is 4.13. The van der Waals surface area contributed by atoms with Gasteiger partial charge in [-0.15, -0.1) is 0 Å². The molecule has 3 nitrogen and oxygen atoms in total. The minimum Gasteiger partial charge on any atom is -0.493 e. The van der Waals surface area contributed by atoms with Crippen molar-refractivity contribution in [3.8, 4) is 5.75 Å². The lowest BCUT2D eigenvalue weighted by Gasteiger charge is -2.07. The van der Waals surface area contributed by atoms with Crippen molar-refractivity contribution in [2.75, 3.05) is 6.61 Å². The van der Waals surface area contributed by atoms with Crippen molar-refractivity contribution in [1.29, 1.82) is 0 Å². The van der Waals surface area contributed by atoms with Gasteiger partial charge in [0.25, 0.3) is 0 Å². The van der Waals surface area contributed by atoms with Crippen molar-refractivity contribution in [2.45, 2.75) is 6.42 Å². The van der Waals surface area contributed by atoms with Gasteiger partial charge in [0.1, 0.15) is 11.6 Å². The van der Waals surface area contributed by atoms with Gasteiger partial charge in [0.05, 0.1) is 12.2 Å². The molecule has 98 valence electrons. The van der Waals surface area contributed by atoms with Crippen molar-refractivity contribution in [3.63, 3.8) is 0 Å². The van der Waals surface area contributed by atoms with Crippen LogP contribution in [-0.4, -0.2) is 17.7 Å². The highest BCUT2D eigenvalue weighted by Gasteiger charge is 2.03. The lowest BCUT2D eigenvalue weighted by molar-refractivity contribution is 0.0696. The lowest BCUT2D eigenvalue weighted by atomic mass is 10.1. The first-order valence-corrected chi connectivity index (χ1v) is 5.86. The molecular weight excluding hydrogens is 247 g/mol. The van der Waals surface area contributed by atoms with Gasteiger partial charge in [-0.3, -0.25) is 0 Å². The quantitative estimate of drug-likeness (QED) is 0.898. The van der Waals surface area contributed by atoms with E-state index in [1.165, 1.54) is 24.3 Å². The molecule has 0 saturated carbocycles. The topological polar surface area (TPSA) is 46.5 Å². The predicted molar refractivity (Wildman–Crippen MR) is 69.0 cm³/mol. The molecule has 0 radical (unpaired) electrons. The summed E-state index contributed by atoms with van der Waals surface area (Å²) in [5, 5.41) is 8.85. The average Bonchev–Trinajstić information content (AvgIpc) is 2.41. The van der Waals surface area contributed by atoms with E-state index in [0.29, 0.717) is 18.8 Å². The number of carbonyl (C=O) groups is 1. The van der Waals surface area contributed by atoms with Crippen molar-refractivity contribution in [2.24, 2.45) is 0 Å². The Morgan fingerprint density at radius 2 is 1.89 bits per heavy atom. The van der Waals surface area contributed by atoms with Crippen molar-refractivity contribution in [3.05, 3.63) is 65.5 Å². The van der Waals surface area contributed by atoms with Crippen LogP contribution in [0.1, 0.15) is 15.9 Å². The molecule has 0 aliphatic carbocycles. The van der Waals surface area contributed by atoms with Gasteiger partial charge >= 0.3 is 5.97 Å². The summed E-state index contributed by atoms with van der Waals surface area (Å²) in [5.74, 6) is -0.732. The molecule has 0 heterocycles. The summed E-state index contributed by atoms with van der Waals surface area (Å²) in [6, 6.07) is 12.5. The molecule has 0 atom stereocenters. The molecule has 0 aliphatic heterocycles. The molecule has 0 unspecified atom stereocenters. The van der Waals surface area contributed by atoms with Gasteiger partial charge in [-0.2, -0.15) is 0 Å². The van der Waals surface area contributed by atoms with Crippen molar-refractivity contribution >= 4 is 5.97 Å². The normalized spacial score (nSPS) is 10.2. The molecule has 0 fully saturated rings. The number of rotatable bonds is 5. The summed E-state index contributed by atoms with van der Waals surface area (Å²) < 4.78 is 18.2. The molecule has 2 aromatic rings. The van der Waals surface area contributed by atoms with Crippen LogP contribution in [0.5, 0.6) is 5.75 Å². The smallest absolute Gasteiger partial charge is 0.335 e. The number of halogens is 1. The zero-order valence-corrected chi connectivity index (χ0v) is 10.2. The monoisotopic (exact) mass is 260 g/mol. The Labute approximate surface area is 110 Å². The third-order valence-electron chi connectivity index (χ3n) is 2.65. The number of benzene rings is 2. The van der Waals surface area contributed by atoms with Gasteiger partial charge in [-0.1, -0.05) is 18.2 Å². The fourth-order valence-corrected chi connectivity index (χ4v) is 1.66. The third kappa shape index (κ3) is 3.81. The zero-order valence-electron chi connectivity index (χ0n) is 10.2. The van der Waals surface area contributed by atoms with Crippen LogP contribution in [-0.2, 0) is 6.42 Å². The molecule has 0 saturated heterocycles. The zero-order chi connectivity index (χ0) is 13.7. The first-order chi connectivity index (χ1) is 9.15. The summed E-state index contributed by atoms with van der Waals surface area (Å²) in [5.41, 5.74) is 1.16.